The molecule has 0 spiro atoms. The molecule has 130 valence electrons. The molecule has 1 aliphatic rings. The number of aliphatic hydroxyl groups is 1. The maximum atomic E-state index is 9.82. The first-order valence-corrected chi connectivity index (χ1v) is 8.66. The van der Waals surface area contributed by atoms with Crippen LogP contribution in [0.2, 0.25) is 0 Å². The Bertz CT molecular complexity index is 874. The molecule has 1 aliphatic heterocycles. The van der Waals surface area contributed by atoms with Gasteiger partial charge in [0.05, 0.1) is 25.3 Å². The molecule has 0 bridgehead atoms. The summed E-state index contributed by atoms with van der Waals surface area (Å²) in [6.45, 7) is 2.33. The number of piperidine rings is 1. The van der Waals surface area contributed by atoms with Crippen LogP contribution in [0.25, 0.3) is 22.0 Å². The smallest absolute Gasteiger partial charge is 0.151 e. The van der Waals surface area contributed by atoms with Crippen molar-refractivity contribution in [1.82, 2.24) is 10.1 Å². The first-order valence-electron chi connectivity index (χ1n) is 8.66. The van der Waals surface area contributed by atoms with Gasteiger partial charge in [0, 0.05) is 12.6 Å². The Morgan fingerprint density at radius 1 is 1.28 bits per heavy atom. The van der Waals surface area contributed by atoms with E-state index in [2.05, 4.69) is 22.2 Å². The molecule has 1 saturated heterocycles. The molecule has 2 aromatic carbocycles. The van der Waals surface area contributed by atoms with E-state index in [-0.39, 0.29) is 6.10 Å². The Kier molecular flexibility index (Phi) is 4.42. The maximum Gasteiger partial charge on any atom is 0.151 e. The average molecular weight is 338 g/mol. The SMILES string of the molecule is COc1ccc2ccccc2c1-c1cc(CN2CCCC(O)C2)on1. The molecular formula is C20H22N2O3. The minimum atomic E-state index is -0.241. The third-order valence-electron chi connectivity index (χ3n) is 4.79. The van der Waals surface area contributed by atoms with Crippen LogP contribution in [-0.4, -0.2) is 41.5 Å². The summed E-state index contributed by atoms with van der Waals surface area (Å²) >= 11 is 0. The van der Waals surface area contributed by atoms with Crippen LogP contribution in [0.5, 0.6) is 5.75 Å². The van der Waals surface area contributed by atoms with Gasteiger partial charge in [0.25, 0.3) is 0 Å². The number of benzene rings is 2. The highest BCUT2D eigenvalue weighted by atomic mass is 16.5. The maximum absolute atomic E-state index is 9.82. The van der Waals surface area contributed by atoms with Gasteiger partial charge in [0.15, 0.2) is 5.76 Å². The lowest BCUT2D eigenvalue weighted by atomic mass is 10.0. The van der Waals surface area contributed by atoms with Crippen molar-refractivity contribution < 1.29 is 14.4 Å². The topological polar surface area (TPSA) is 58.7 Å². The summed E-state index contributed by atoms with van der Waals surface area (Å²) in [5, 5.41) is 16.3. The van der Waals surface area contributed by atoms with E-state index in [1.54, 1.807) is 7.11 Å². The van der Waals surface area contributed by atoms with Gasteiger partial charge in [-0.3, -0.25) is 4.90 Å². The highest BCUT2D eigenvalue weighted by molar-refractivity contribution is 5.98. The fourth-order valence-electron chi connectivity index (χ4n) is 3.59. The minimum absolute atomic E-state index is 0.241. The molecule has 0 radical (unpaired) electrons. The van der Waals surface area contributed by atoms with Gasteiger partial charge in [-0.2, -0.15) is 0 Å². The van der Waals surface area contributed by atoms with Crippen molar-refractivity contribution in [1.29, 1.82) is 0 Å². The van der Waals surface area contributed by atoms with Crippen molar-refractivity contribution in [2.45, 2.75) is 25.5 Å². The Morgan fingerprint density at radius 3 is 3.00 bits per heavy atom. The molecular weight excluding hydrogens is 316 g/mol. The summed E-state index contributed by atoms with van der Waals surface area (Å²) in [6.07, 6.45) is 1.65. The van der Waals surface area contributed by atoms with Gasteiger partial charge in [0.2, 0.25) is 0 Å². The van der Waals surface area contributed by atoms with E-state index in [1.807, 2.05) is 30.3 Å². The van der Waals surface area contributed by atoms with E-state index in [0.717, 1.165) is 52.9 Å². The molecule has 2 heterocycles. The number of hydrogen-bond donors (Lipinski definition) is 1. The van der Waals surface area contributed by atoms with Gasteiger partial charge in [0.1, 0.15) is 11.4 Å². The Morgan fingerprint density at radius 2 is 2.16 bits per heavy atom. The highest BCUT2D eigenvalue weighted by Gasteiger charge is 2.20. The standard InChI is InChI=1S/C20H22N2O3/c1-24-19-9-8-14-5-2-3-7-17(14)20(19)18-11-16(25-21-18)13-22-10-4-6-15(23)12-22/h2-3,5,7-9,11,15,23H,4,6,10,12-13H2,1H3. The lowest BCUT2D eigenvalue weighted by molar-refractivity contribution is 0.0622. The van der Waals surface area contributed by atoms with Gasteiger partial charge in [-0.25, -0.2) is 0 Å². The van der Waals surface area contributed by atoms with Crippen molar-refractivity contribution in [2.24, 2.45) is 0 Å². The molecule has 5 heteroatoms. The lowest BCUT2D eigenvalue weighted by Gasteiger charge is -2.28. The van der Waals surface area contributed by atoms with Crippen LogP contribution in [0.3, 0.4) is 0 Å². The van der Waals surface area contributed by atoms with Crippen molar-refractivity contribution in [3.05, 3.63) is 48.2 Å². The zero-order valence-corrected chi connectivity index (χ0v) is 14.3. The number of nitrogens with zero attached hydrogens (tertiary/aromatic N) is 2. The minimum Gasteiger partial charge on any atom is -0.496 e. The van der Waals surface area contributed by atoms with Crippen LogP contribution in [0, 0.1) is 0 Å². The lowest BCUT2D eigenvalue weighted by Crippen LogP contribution is -2.37. The van der Waals surface area contributed by atoms with Gasteiger partial charge in [-0.15, -0.1) is 0 Å². The zero-order valence-electron chi connectivity index (χ0n) is 14.3. The van der Waals surface area contributed by atoms with Crippen LogP contribution in [-0.2, 0) is 6.54 Å². The average Bonchev–Trinajstić information content (AvgIpc) is 3.08. The number of aromatic nitrogens is 1. The first-order chi connectivity index (χ1) is 12.2. The van der Waals surface area contributed by atoms with Crippen LogP contribution >= 0.6 is 0 Å². The highest BCUT2D eigenvalue weighted by Crippen LogP contribution is 2.36. The van der Waals surface area contributed by atoms with Gasteiger partial charge < -0.3 is 14.4 Å². The second-order valence-corrected chi connectivity index (χ2v) is 6.57. The molecule has 3 aromatic rings. The third kappa shape index (κ3) is 3.25. The predicted octanol–water partition coefficient (Wildman–Crippen LogP) is 3.46. The summed E-state index contributed by atoms with van der Waals surface area (Å²) in [7, 11) is 1.67. The molecule has 1 atom stereocenters. The fourth-order valence-corrected chi connectivity index (χ4v) is 3.59. The normalized spacial score (nSPS) is 18.6. The number of aliphatic hydroxyl groups excluding tert-OH is 1. The number of ether oxygens (including phenoxy) is 1. The van der Waals surface area contributed by atoms with Crippen molar-refractivity contribution >= 4 is 10.8 Å². The molecule has 1 N–H and O–H groups in total. The van der Waals surface area contributed by atoms with Gasteiger partial charge in [-0.05, 0) is 36.2 Å². The van der Waals surface area contributed by atoms with E-state index in [4.69, 9.17) is 9.26 Å². The van der Waals surface area contributed by atoms with E-state index in [9.17, 15) is 5.11 Å². The fraction of sp³-hybridized carbons (Fsp3) is 0.350. The Balaban J connectivity index is 1.67. The molecule has 5 nitrogen and oxygen atoms in total. The Labute approximate surface area is 146 Å². The van der Waals surface area contributed by atoms with Crippen LogP contribution < -0.4 is 4.74 Å². The van der Waals surface area contributed by atoms with Crippen molar-refractivity contribution in [3.8, 4) is 17.0 Å². The van der Waals surface area contributed by atoms with E-state index in [1.165, 1.54) is 0 Å². The van der Waals surface area contributed by atoms with Gasteiger partial charge in [-0.1, -0.05) is 35.5 Å². The van der Waals surface area contributed by atoms with E-state index in [0.29, 0.717) is 13.1 Å². The predicted molar refractivity (Wildman–Crippen MR) is 96.5 cm³/mol. The molecule has 0 aliphatic carbocycles. The molecule has 0 saturated carbocycles. The second kappa shape index (κ2) is 6.86. The third-order valence-corrected chi connectivity index (χ3v) is 4.79. The number of β-amino-alcohol motifs (C(OH)–C–C–N with tert-alkyl or cyclic N) is 1. The Hall–Kier alpha value is -2.37. The van der Waals surface area contributed by atoms with Crippen LogP contribution in [0.15, 0.2) is 47.0 Å². The number of hydrogen-bond acceptors (Lipinski definition) is 5. The van der Waals surface area contributed by atoms with Crippen molar-refractivity contribution in [3.63, 3.8) is 0 Å². The first kappa shape index (κ1) is 16.1. The summed E-state index contributed by atoms with van der Waals surface area (Å²) in [5.41, 5.74) is 1.73. The zero-order chi connectivity index (χ0) is 17.2. The van der Waals surface area contributed by atoms with Crippen molar-refractivity contribution in [2.75, 3.05) is 20.2 Å². The van der Waals surface area contributed by atoms with E-state index >= 15 is 0 Å². The van der Waals surface area contributed by atoms with Crippen LogP contribution in [0.1, 0.15) is 18.6 Å². The number of likely N-dealkylation sites (tertiary alicyclic amines) is 1. The summed E-state index contributed by atoms with van der Waals surface area (Å²) < 4.78 is 11.1. The molecule has 1 unspecified atom stereocenters. The van der Waals surface area contributed by atoms with Gasteiger partial charge >= 0.3 is 0 Å². The monoisotopic (exact) mass is 338 g/mol. The largest absolute Gasteiger partial charge is 0.496 e. The summed E-state index contributed by atoms with van der Waals surface area (Å²) in [6, 6.07) is 14.2. The molecule has 4 rings (SSSR count). The summed E-state index contributed by atoms with van der Waals surface area (Å²) in [4.78, 5) is 2.21. The molecule has 25 heavy (non-hydrogen) atoms. The quantitative estimate of drug-likeness (QED) is 0.789. The number of rotatable bonds is 4. The molecule has 0 amide bonds. The molecule has 1 aromatic heterocycles. The number of methoxy groups -OCH3 is 1. The summed E-state index contributed by atoms with van der Waals surface area (Å²) in [5.74, 6) is 1.59. The number of fused-ring (bicyclic) bond motifs is 1. The van der Waals surface area contributed by atoms with Crippen LogP contribution in [0.4, 0.5) is 0 Å². The molecule has 1 fully saturated rings. The van der Waals surface area contributed by atoms with E-state index < -0.39 is 0 Å². The second-order valence-electron chi connectivity index (χ2n) is 6.57.